The van der Waals surface area contributed by atoms with E-state index in [9.17, 15) is 30.7 Å². The molecule has 1 amide bonds. The van der Waals surface area contributed by atoms with Crippen molar-refractivity contribution in [2.45, 2.75) is 22.8 Å². The van der Waals surface area contributed by atoms with Crippen LogP contribution in [-0.4, -0.2) is 43.6 Å². The SMILES string of the molecule is CC1=NN(c2cc(Cl)c(S(=O)(=O)[O-])cc2Cl)C(=O)C1N=Nc1ccc(S(=O)(=O)[O-])cc1. The molecule has 1 unspecified atom stereocenters. The standard InChI is InChI=1S/C16H12Cl2N4O7S2/c1-8-15(20-19-9-2-4-10(5-3-9)30(24,25)26)16(23)22(21-8)13-6-12(18)14(7-11(13)17)31(27,28)29/h2-7,15H,1H3,(H,24,25,26)(H,27,28,29)/p-2. The number of rotatable bonds is 5. The fourth-order valence-corrected chi connectivity index (χ4v) is 4.32. The topological polar surface area (TPSA) is 172 Å². The first-order chi connectivity index (χ1) is 14.3. The van der Waals surface area contributed by atoms with Gasteiger partial charge in [0, 0.05) is 0 Å². The van der Waals surface area contributed by atoms with E-state index in [1.807, 2.05) is 0 Å². The van der Waals surface area contributed by atoms with Crippen molar-refractivity contribution in [1.82, 2.24) is 0 Å². The average molecular weight is 505 g/mol. The molecule has 0 aliphatic carbocycles. The van der Waals surface area contributed by atoms with Crippen LogP contribution in [0.2, 0.25) is 10.0 Å². The zero-order valence-electron chi connectivity index (χ0n) is 15.3. The zero-order chi connectivity index (χ0) is 23.1. The van der Waals surface area contributed by atoms with Crippen LogP contribution in [0.5, 0.6) is 0 Å². The second-order valence-corrected chi connectivity index (χ2v) is 9.69. The van der Waals surface area contributed by atoms with Gasteiger partial charge in [0.05, 0.1) is 36.9 Å². The van der Waals surface area contributed by atoms with Crippen LogP contribution in [0.15, 0.2) is 61.5 Å². The van der Waals surface area contributed by atoms with E-state index in [1.165, 1.54) is 19.1 Å². The third-order valence-corrected chi connectivity index (χ3v) is 6.46. The summed E-state index contributed by atoms with van der Waals surface area (Å²) in [7, 11) is -9.49. The van der Waals surface area contributed by atoms with Gasteiger partial charge in [0.15, 0.2) is 6.04 Å². The van der Waals surface area contributed by atoms with Crippen LogP contribution in [-0.2, 0) is 25.0 Å². The minimum absolute atomic E-state index is 0.0638. The quantitative estimate of drug-likeness (QED) is 0.444. The smallest absolute Gasteiger partial charge is 0.280 e. The van der Waals surface area contributed by atoms with Crippen molar-refractivity contribution in [1.29, 1.82) is 0 Å². The Bertz CT molecular complexity index is 1340. The summed E-state index contributed by atoms with van der Waals surface area (Å²) >= 11 is 11.9. The third kappa shape index (κ3) is 4.92. The number of carbonyl (C=O) groups is 1. The predicted octanol–water partition coefficient (Wildman–Crippen LogP) is 2.68. The molecule has 164 valence electrons. The highest BCUT2D eigenvalue weighted by atomic mass is 35.5. The van der Waals surface area contributed by atoms with Crippen molar-refractivity contribution in [3.05, 3.63) is 46.4 Å². The molecule has 0 fully saturated rings. The molecule has 0 aromatic heterocycles. The second kappa shape index (κ2) is 8.26. The summed E-state index contributed by atoms with van der Waals surface area (Å²) in [5, 5.41) is 11.9. The number of amides is 1. The second-order valence-electron chi connectivity index (χ2n) is 6.15. The Kier molecular flexibility index (Phi) is 6.19. The molecular weight excluding hydrogens is 495 g/mol. The molecule has 1 heterocycles. The van der Waals surface area contributed by atoms with Gasteiger partial charge in [-0.25, -0.2) is 16.8 Å². The maximum atomic E-state index is 12.7. The summed E-state index contributed by atoms with van der Waals surface area (Å²) in [6.45, 7) is 1.49. The van der Waals surface area contributed by atoms with Crippen molar-refractivity contribution in [3.8, 4) is 0 Å². The first-order valence-corrected chi connectivity index (χ1v) is 11.7. The first kappa shape index (κ1) is 23.2. The summed E-state index contributed by atoms with van der Waals surface area (Å²) in [6.07, 6.45) is 0. The molecule has 3 rings (SSSR count). The molecule has 1 atom stereocenters. The predicted molar refractivity (Wildman–Crippen MR) is 108 cm³/mol. The summed E-state index contributed by atoms with van der Waals surface area (Å²) in [4.78, 5) is 11.5. The molecule has 1 aliphatic heterocycles. The van der Waals surface area contributed by atoms with Crippen molar-refractivity contribution >= 4 is 66.4 Å². The van der Waals surface area contributed by atoms with Gasteiger partial charge in [0.25, 0.3) is 5.91 Å². The van der Waals surface area contributed by atoms with Gasteiger partial charge in [-0.2, -0.15) is 20.3 Å². The maximum Gasteiger partial charge on any atom is 0.280 e. The number of hydrazone groups is 1. The van der Waals surface area contributed by atoms with Crippen molar-refractivity contribution in [2.24, 2.45) is 15.3 Å². The van der Waals surface area contributed by atoms with Gasteiger partial charge in [-0.3, -0.25) is 4.79 Å². The summed E-state index contributed by atoms with van der Waals surface area (Å²) in [5.74, 6) is -0.685. The van der Waals surface area contributed by atoms with E-state index in [1.54, 1.807) is 0 Å². The van der Waals surface area contributed by atoms with Gasteiger partial charge < -0.3 is 9.11 Å². The maximum absolute atomic E-state index is 12.7. The summed E-state index contributed by atoms with van der Waals surface area (Å²) in [5.41, 5.74) is 0.337. The van der Waals surface area contributed by atoms with Crippen LogP contribution >= 0.6 is 23.2 Å². The monoisotopic (exact) mass is 504 g/mol. The number of nitrogens with zero attached hydrogens (tertiary/aromatic N) is 4. The van der Waals surface area contributed by atoms with Crippen LogP contribution in [0.3, 0.4) is 0 Å². The van der Waals surface area contributed by atoms with Crippen LogP contribution in [0.4, 0.5) is 11.4 Å². The minimum Gasteiger partial charge on any atom is -0.744 e. The molecule has 2 aromatic carbocycles. The normalized spacial score (nSPS) is 17.5. The Hall–Kier alpha value is -2.42. The molecule has 0 saturated heterocycles. The number of benzene rings is 2. The van der Waals surface area contributed by atoms with Crippen molar-refractivity contribution in [2.75, 3.05) is 5.01 Å². The van der Waals surface area contributed by atoms with Crippen LogP contribution in [0, 0.1) is 0 Å². The number of hydrogen-bond acceptors (Lipinski definition) is 10. The Balaban J connectivity index is 1.87. The Morgan fingerprint density at radius 3 is 2.16 bits per heavy atom. The van der Waals surface area contributed by atoms with E-state index in [-0.39, 0.29) is 22.1 Å². The van der Waals surface area contributed by atoms with Crippen molar-refractivity contribution < 1.29 is 30.7 Å². The molecule has 0 N–H and O–H groups in total. The lowest BCUT2D eigenvalue weighted by atomic mass is 10.2. The highest BCUT2D eigenvalue weighted by molar-refractivity contribution is 7.86. The molecule has 11 nitrogen and oxygen atoms in total. The number of halogens is 2. The molecule has 0 radical (unpaired) electrons. The highest BCUT2D eigenvalue weighted by Gasteiger charge is 2.36. The lowest BCUT2D eigenvalue weighted by molar-refractivity contribution is -0.117. The number of azo groups is 1. The Morgan fingerprint density at radius 1 is 1.00 bits per heavy atom. The van der Waals surface area contributed by atoms with Gasteiger partial charge >= 0.3 is 0 Å². The Morgan fingerprint density at radius 2 is 1.61 bits per heavy atom. The lowest BCUT2D eigenvalue weighted by Crippen LogP contribution is -2.30. The molecule has 0 bridgehead atoms. The first-order valence-electron chi connectivity index (χ1n) is 8.10. The van der Waals surface area contributed by atoms with E-state index in [0.29, 0.717) is 0 Å². The van der Waals surface area contributed by atoms with Gasteiger partial charge in [-0.05, 0) is 43.3 Å². The summed E-state index contributed by atoms with van der Waals surface area (Å²) in [6, 6.07) is 5.25. The molecule has 1 aliphatic rings. The molecule has 0 spiro atoms. The van der Waals surface area contributed by atoms with Crippen LogP contribution in [0.1, 0.15) is 6.92 Å². The number of anilines is 1. The van der Waals surface area contributed by atoms with E-state index in [4.69, 9.17) is 23.2 Å². The lowest BCUT2D eigenvalue weighted by Gasteiger charge is -2.17. The van der Waals surface area contributed by atoms with Crippen LogP contribution < -0.4 is 5.01 Å². The van der Waals surface area contributed by atoms with E-state index < -0.39 is 47.0 Å². The van der Waals surface area contributed by atoms with E-state index in [0.717, 1.165) is 29.3 Å². The van der Waals surface area contributed by atoms with Gasteiger partial charge in [0.1, 0.15) is 20.2 Å². The number of carbonyl (C=O) groups excluding carboxylic acids is 1. The van der Waals surface area contributed by atoms with Crippen LogP contribution in [0.25, 0.3) is 0 Å². The largest absolute Gasteiger partial charge is 0.744 e. The zero-order valence-corrected chi connectivity index (χ0v) is 18.4. The fraction of sp³-hybridized carbons (Fsp3) is 0.125. The fourth-order valence-electron chi connectivity index (χ4n) is 2.54. The molecular formula is C16H10Cl2N4O7S2-2. The third-order valence-electron chi connectivity index (χ3n) is 4.01. The molecule has 0 saturated carbocycles. The Labute approximate surface area is 186 Å². The minimum atomic E-state index is -4.88. The van der Waals surface area contributed by atoms with E-state index >= 15 is 0 Å². The van der Waals surface area contributed by atoms with E-state index in [2.05, 4.69) is 15.3 Å². The molecule has 15 heteroatoms. The van der Waals surface area contributed by atoms with Gasteiger partial charge in [0.2, 0.25) is 0 Å². The molecule has 31 heavy (non-hydrogen) atoms. The van der Waals surface area contributed by atoms with Gasteiger partial charge in [-0.1, -0.05) is 23.2 Å². The highest BCUT2D eigenvalue weighted by Crippen LogP contribution is 2.36. The van der Waals surface area contributed by atoms with Gasteiger partial charge in [-0.15, -0.1) is 0 Å². The van der Waals surface area contributed by atoms with Crippen molar-refractivity contribution in [3.63, 3.8) is 0 Å². The average Bonchev–Trinajstić information content (AvgIpc) is 2.94. The summed E-state index contributed by atoms with van der Waals surface area (Å²) < 4.78 is 66.5. The number of hydrogen-bond donors (Lipinski definition) is 0. The molecule has 2 aromatic rings.